The van der Waals surface area contributed by atoms with E-state index in [1.807, 2.05) is 47.6 Å². The van der Waals surface area contributed by atoms with Crippen molar-refractivity contribution in [3.63, 3.8) is 0 Å². The Bertz CT molecular complexity index is 787. The van der Waals surface area contributed by atoms with E-state index < -0.39 is 5.97 Å². The van der Waals surface area contributed by atoms with Crippen LogP contribution in [0.2, 0.25) is 0 Å². The number of nitrogens with zero attached hydrogens (tertiary/aromatic N) is 5. The zero-order valence-corrected chi connectivity index (χ0v) is 16.3. The van der Waals surface area contributed by atoms with Crippen LogP contribution in [0.4, 0.5) is 0 Å². The van der Waals surface area contributed by atoms with Gasteiger partial charge in [-0.05, 0) is 31.7 Å². The van der Waals surface area contributed by atoms with Crippen LogP contribution < -0.4 is 0 Å². The summed E-state index contributed by atoms with van der Waals surface area (Å²) in [5.74, 6) is -0.0264. The van der Waals surface area contributed by atoms with Crippen LogP contribution in [0.1, 0.15) is 49.7 Å². The van der Waals surface area contributed by atoms with E-state index in [1.165, 1.54) is 4.52 Å². The molecule has 0 atom stereocenters. The first-order valence-electron chi connectivity index (χ1n) is 8.83. The summed E-state index contributed by atoms with van der Waals surface area (Å²) < 4.78 is 6.62. The van der Waals surface area contributed by atoms with Gasteiger partial charge in [-0.25, -0.2) is 14.3 Å². The van der Waals surface area contributed by atoms with Crippen LogP contribution >= 0.6 is 0 Å². The Kier molecular flexibility index (Phi) is 6.28. The van der Waals surface area contributed by atoms with E-state index in [2.05, 4.69) is 15.1 Å². The first kappa shape index (κ1) is 19.8. The summed E-state index contributed by atoms with van der Waals surface area (Å²) in [4.78, 5) is 34.7. The average Bonchev–Trinajstić information content (AvgIpc) is 2.95. The Labute approximate surface area is 153 Å². The average molecular weight is 361 g/mol. The van der Waals surface area contributed by atoms with Gasteiger partial charge in [-0.15, -0.1) is 5.10 Å². The topological polar surface area (TPSA) is 89.7 Å². The number of carbonyl (C=O) groups excluding carboxylic acids is 2. The van der Waals surface area contributed by atoms with Crippen LogP contribution in [0.5, 0.6) is 0 Å². The van der Waals surface area contributed by atoms with Crippen molar-refractivity contribution in [2.24, 2.45) is 11.8 Å². The van der Waals surface area contributed by atoms with Crippen molar-refractivity contribution in [3.05, 3.63) is 23.3 Å². The Morgan fingerprint density at radius 1 is 1.12 bits per heavy atom. The van der Waals surface area contributed by atoms with Gasteiger partial charge in [-0.1, -0.05) is 27.7 Å². The number of rotatable bonds is 7. The van der Waals surface area contributed by atoms with Gasteiger partial charge in [0.2, 0.25) is 0 Å². The maximum absolute atomic E-state index is 12.4. The molecule has 0 N–H and O–H groups in total. The number of aromatic nitrogens is 4. The highest BCUT2D eigenvalue weighted by atomic mass is 16.5. The van der Waals surface area contributed by atoms with Crippen LogP contribution in [0, 0.1) is 25.7 Å². The molecule has 0 aliphatic carbocycles. The maximum atomic E-state index is 12.4. The molecule has 0 unspecified atom stereocenters. The standard InChI is InChI=1S/C18H27N5O3/c1-11(2)8-22(9-12(3)4)15(24)10-26-17(25)16-20-18-19-13(5)7-14(6)23(18)21-16/h7,11-12H,8-10H2,1-6H3. The number of hydrogen-bond donors (Lipinski definition) is 0. The molecule has 2 aromatic rings. The fraction of sp³-hybridized carbons (Fsp3) is 0.611. The Hall–Kier alpha value is -2.51. The lowest BCUT2D eigenvalue weighted by Crippen LogP contribution is -2.39. The number of esters is 1. The van der Waals surface area contributed by atoms with Crippen LogP contribution in [-0.4, -0.2) is 56.1 Å². The monoisotopic (exact) mass is 361 g/mol. The first-order chi connectivity index (χ1) is 12.2. The summed E-state index contributed by atoms with van der Waals surface area (Å²) in [7, 11) is 0. The minimum absolute atomic E-state index is 0.0988. The number of amides is 1. The Balaban J connectivity index is 2.05. The molecule has 1 amide bonds. The third-order valence-electron chi connectivity index (χ3n) is 3.65. The van der Waals surface area contributed by atoms with Gasteiger partial charge in [-0.2, -0.15) is 4.98 Å². The highest BCUT2D eigenvalue weighted by Crippen LogP contribution is 2.08. The molecule has 0 saturated heterocycles. The molecule has 2 aromatic heterocycles. The predicted molar refractivity (Wildman–Crippen MR) is 96.8 cm³/mol. The van der Waals surface area contributed by atoms with E-state index in [9.17, 15) is 9.59 Å². The van der Waals surface area contributed by atoms with Gasteiger partial charge >= 0.3 is 5.97 Å². The van der Waals surface area contributed by atoms with Crippen molar-refractivity contribution in [3.8, 4) is 0 Å². The van der Waals surface area contributed by atoms with Gasteiger partial charge in [0.15, 0.2) is 6.61 Å². The van der Waals surface area contributed by atoms with E-state index in [4.69, 9.17) is 4.74 Å². The van der Waals surface area contributed by atoms with E-state index in [0.717, 1.165) is 11.4 Å². The largest absolute Gasteiger partial charge is 0.450 e. The van der Waals surface area contributed by atoms with Gasteiger partial charge in [0.1, 0.15) is 0 Å². The van der Waals surface area contributed by atoms with E-state index in [1.54, 1.807) is 4.90 Å². The van der Waals surface area contributed by atoms with Crippen molar-refractivity contribution in [2.45, 2.75) is 41.5 Å². The Morgan fingerprint density at radius 3 is 2.31 bits per heavy atom. The third-order valence-corrected chi connectivity index (χ3v) is 3.65. The fourth-order valence-electron chi connectivity index (χ4n) is 2.70. The Morgan fingerprint density at radius 2 is 1.73 bits per heavy atom. The zero-order chi connectivity index (χ0) is 19.4. The lowest BCUT2D eigenvalue weighted by molar-refractivity contribution is -0.135. The second-order valence-corrected chi connectivity index (χ2v) is 7.35. The second-order valence-electron chi connectivity index (χ2n) is 7.35. The summed E-state index contributed by atoms with van der Waals surface area (Å²) >= 11 is 0. The number of hydrogen-bond acceptors (Lipinski definition) is 6. The fourth-order valence-corrected chi connectivity index (χ4v) is 2.70. The van der Waals surface area contributed by atoms with Crippen LogP contribution in [0.25, 0.3) is 5.78 Å². The molecule has 2 heterocycles. The second kappa shape index (κ2) is 8.25. The minimum atomic E-state index is -0.727. The molecule has 0 saturated carbocycles. The normalized spacial score (nSPS) is 11.4. The lowest BCUT2D eigenvalue weighted by atomic mass is 10.1. The summed E-state index contributed by atoms with van der Waals surface area (Å²) in [6, 6.07) is 1.84. The molecule has 8 heteroatoms. The van der Waals surface area contributed by atoms with Crippen molar-refractivity contribution in [1.29, 1.82) is 0 Å². The number of aryl methyl sites for hydroxylation is 2. The summed E-state index contributed by atoms with van der Waals surface area (Å²) in [5, 5.41) is 4.12. The van der Waals surface area contributed by atoms with Crippen LogP contribution in [0.15, 0.2) is 6.07 Å². The summed E-state index contributed by atoms with van der Waals surface area (Å²) in [6.07, 6.45) is 0. The molecular formula is C18H27N5O3. The lowest BCUT2D eigenvalue weighted by Gasteiger charge is -2.26. The van der Waals surface area contributed by atoms with Crippen molar-refractivity contribution >= 4 is 17.7 Å². The molecule has 0 bridgehead atoms. The number of fused-ring (bicyclic) bond motifs is 1. The van der Waals surface area contributed by atoms with Crippen molar-refractivity contribution in [2.75, 3.05) is 19.7 Å². The number of ether oxygens (including phenoxy) is 1. The van der Waals surface area contributed by atoms with E-state index in [0.29, 0.717) is 30.7 Å². The van der Waals surface area contributed by atoms with Gasteiger partial charge in [0, 0.05) is 24.5 Å². The number of carbonyl (C=O) groups is 2. The molecule has 26 heavy (non-hydrogen) atoms. The summed E-state index contributed by atoms with van der Waals surface area (Å²) in [5.41, 5.74) is 1.60. The molecule has 142 valence electrons. The highest BCUT2D eigenvalue weighted by Gasteiger charge is 2.21. The molecule has 0 radical (unpaired) electrons. The maximum Gasteiger partial charge on any atom is 0.378 e. The molecule has 0 fully saturated rings. The molecule has 0 aliphatic rings. The SMILES string of the molecule is Cc1cc(C)n2nc(C(=O)OCC(=O)N(CC(C)C)CC(C)C)nc2n1. The molecule has 0 spiro atoms. The first-order valence-corrected chi connectivity index (χ1v) is 8.83. The van der Waals surface area contributed by atoms with Gasteiger partial charge in [0.05, 0.1) is 0 Å². The van der Waals surface area contributed by atoms with Gasteiger partial charge < -0.3 is 9.64 Å². The quantitative estimate of drug-likeness (QED) is 0.701. The van der Waals surface area contributed by atoms with Crippen LogP contribution in [-0.2, 0) is 9.53 Å². The van der Waals surface area contributed by atoms with Crippen molar-refractivity contribution < 1.29 is 14.3 Å². The molecule has 0 aromatic carbocycles. The minimum Gasteiger partial charge on any atom is -0.450 e. The smallest absolute Gasteiger partial charge is 0.378 e. The molecular weight excluding hydrogens is 334 g/mol. The van der Waals surface area contributed by atoms with Crippen molar-refractivity contribution in [1.82, 2.24) is 24.5 Å². The summed E-state index contributed by atoms with van der Waals surface area (Å²) in [6.45, 7) is 12.8. The third kappa shape index (κ3) is 5.00. The predicted octanol–water partition coefficient (Wildman–Crippen LogP) is 2.04. The molecule has 8 nitrogen and oxygen atoms in total. The zero-order valence-electron chi connectivity index (χ0n) is 16.3. The van der Waals surface area contributed by atoms with E-state index in [-0.39, 0.29) is 18.3 Å². The highest BCUT2D eigenvalue weighted by molar-refractivity contribution is 5.88. The van der Waals surface area contributed by atoms with Crippen LogP contribution in [0.3, 0.4) is 0 Å². The van der Waals surface area contributed by atoms with Gasteiger partial charge in [0.25, 0.3) is 17.5 Å². The van der Waals surface area contributed by atoms with E-state index >= 15 is 0 Å². The molecule has 0 aliphatic heterocycles. The molecule has 2 rings (SSSR count). The van der Waals surface area contributed by atoms with Gasteiger partial charge in [-0.3, -0.25) is 4.79 Å².